The van der Waals surface area contributed by atoms with Crippen LogP contribution in [0.5, 0.6) is 0 Å². The van der Waals surface area contributed by atoms with Crippen molar-refractivity contribution in [1.29, 1.82) is 0 Å². The van der Waals surface area contributed by atoms with E-state index in [0.29, 0.717) is 16.2 Å². The van der Waals surface area contributed by atoms with Gasteiger partial charge in [-0.15, -0.1) is 0 Å². The molecular formula is C24H44. The van der Waals surface area contributed by atoms with Gasteiger partial charge in [-0.05, 0) is 84.4 Å². The standard InChI is InChI=1S/C24H44/c1-17(2)9-11-19-18(3)10-12-21-23(19,6)16-13-20-22(4,5)14-8-15-24(20,21)7/h17-21H,8-16H2,1-7H3/t18-,19-,20?,21?,23-,24-/m0/s1. The Kier molecular flexibility index (Phi) is 4.94. The summed E-state index contributed by atoms with van der Waals surface area (Å²) in [4.78, 5) is 0. The van der Waals surface area contributed by atoms with Crippen LogP contribution in [-0.2, 0) is 0 Å². The Hall–Kier alpha value is 0. The SMILES string of the molecule is CC(C)CC[C@H]1[C@@H](C)CCC2[C@@]3(C)CCCC(C)(C)C3CC[C@]21C. The van der Waals surface area contributed by atoms with Gasteiger partial charge in [0.15, 0.2) is 0 Å². The fourth-order valence-electron chi connectivity index (χ4n) is 8.20. The van der Waals surface area contributed by atoms with E-state index in [1.165, 1.54) is 57.8 Å². The van der Waals surface area contributed by atoms with Gasteiger partial charge in [-0.2, -0.15) is 0 Å². The van der Waals surface area contributed by atoms with Crippen molar-refractivity contribution in [1.82, 2.24) is 0 Å². The second-order valence-corrected chi connectivity index (χ2v) is 11.6. The molecule has 3 aliphatic rings. The highest BCUT2D eigenvalue weighted by atomic mass is 14.7. The van der Waals surface area contributed by atoms with Crippen LogP contribution in [0.15, 0.2) is 0 Å². The molecule has 24 heavy (non-hydrogen) atoms. The second kappa shape index (κ2) is 6.31. The Morgan fingerprint density at radius 2 is 1.54 bits per heavy atom. The Morgan fingerprint density at radius 3 is 2.21 bits per heavy atom. The highest BCUT2D eigenvalue weighted by Crippen LogP contribution is 2.69. The van der Waals surface area contributed by atoms with Crippen molar-refractivity contribution in [2.45, 2.75) is 106 Å². The maximum atomic E-state index is 2.72. The van der Waals surface area contributed by atoms with Crippen molar-refractivity contribution in [3.05, 3.63) is 0 Å². The van der Waals surface area contributed by atoms with Crippen molar-refractivity contribution in [2.75, 3.05) is 0 Å². The van der Waals surface area contributed by atoms with E-state index >= 15 is 0 Å². The van der Waals surface area contributed by atoms with Gasteiger partial charge in [0.1, 0.15) is 0 Å². The molecule has 0 nitrogen and oxygen atoms in total. The maximum absolute atomic E-state index is 2.72. The topological polar surface area (TPSA) is 0 Å². The van der Waals surface area contributed by atoms with Crippen molar-refractivity contribution >= 4 is 0 Å². The largest absolute Gasteiger partial charge is 0.0628 e. The molecule has 0 aromatic heterocycles. The molecule has 0 spiro atoms. The smallest absolute Gasteiger partial charge is 0.0259 e. The van der Waals surface area contributed by atoms with Gasteiger partial charge >= 0.3 is 0 Å². The van der Waals surface area contributed by atoms with Crippen molar-refractivity contribution in [2.24, 2.45) is 45.8 Å². The van der Waals surface area contributed by atoms with Gasteiger partial charge < -0.3 is 0 Å². The predicted molar refractivity (Wildman–Crippen MR) is 106 cm³/mol. The first-order chi connectivity index (χ1) is 11.1. The zero-order valence-corrected chi connectivity index (χ0v) is 17.8. The molecule has 0 heterocycles. The summed E-state index contributed by atoms with van der Waals surface area (Å²) >= 11 is 0. The van der Waals surface area contributed by atoms with Gasteiger partial charge in [0.2, 0.25) is 0 Å². The van der Waals surface area contributed by atoms with Crippen molar-refractivity contribution in [3.8, 4) is 0 Å². The van der Waals surface area contributed by atoms with Crippen LogP contribution in [-0.4, -0.2) is 0 Å². The lowest BCUT2D eigenvalue weighted by Crippen LogP contribution is -2.59. The van der Waals surface area contributed by atoms with E-state index in [1.807, 2.05) is 0 Å². The Labute approximate surface area is 152 Å². The average molecular weight is 333 g/mol. The first-order valence-electron chi connectivity index (χ1n) is 11.1. The first kappa shape index (κ1) is 18.8. The lowest BCUT2D eigenvalue weighted by atomic mass is 9.38. The van der Waals surface area contributed by atoms with Crippen LogP contribution in [0.4, 0.5) is 0 Å². The molecule has 0 radical (unpaired) electrons. The molecule has 140 valence electrons. The fourth-order valence-corrected chi connectivity index (χ4v) is 8.20. The summed E-state index contributed by atoms with van der Waals surface area (Å²) in [6, 6.07) is 0. The van der Waals surface area contributed by atoms with Crippen LogP contribution in [0, 0.1) is 45.8 Å². The van der Waals surface area contributed by atoms with Gasteiger partial charge in [0.25, 0.3) is 0 Å². The minimum Gasteiger partial charge on any atom is -0.0628 e. The van der Waals surface area contributed by atoms with Crippen LogP contribution in [0.2, 0.25) is 0 Å². The van der Waals surface area contributed by atoms with Crippen LogP contribution in [0.25, 0.3) is 0 Å². The lowest BCUT2D eigenvalue weighted by molar-refractivity contribution is -0.174. The van der Waals surface area contributed by atoms with Gasteiger partial charge in [-0.3, -0.25) is 0 Å². The molecule has 3 rings (SSSR count). The van der Waals surface area contributed by atoms with Crippen molar-refractivity contribution < 1.29 is 0 Å². The maximum Gasteiger partial charge on any atom is -0.0259 e. The van der Waals surface area contributed by atoms with Gasteiger partial charge in [-0.25, -0.2) is 0 Å². The third-order valence-corrected chi connectivity index (χ3v) is 9.34. The summed E-state index contributed by atoms with van der Waals surface area (Å²) in [6.45, 7) is 18.0. The molecule has 0 bridgehead atoms. The summed E-state index contributed by atoms with van der Waals surface area (Å²) < 4.78 is 0. The second-order valence-electron chi connectivity index (χ2n) is 11.6. The molecule has 6 atom stereocenters. The fraction of sp³-hybridized carbons (Fsp3) is 1.00. The summed E-state index contributed by atoms with van der Waals surface area (Å²) in [7, 11) is 0. The van der Waals surface area contributed by atoms with Gasteiger partial charge in [0, 0.05) is 0 Å². The molecule has 3 fully saturated rings. The Bertz CT molecular complexity index is 447. The normalized spacial score (nSPS) is 48.0. The third kappa shape index (κ3) is 2.88. The van der Waals surface area contributed by atoms with Crippen molar-refractivity contribution in [3.63, 3.8) is 0 Å². The number of hydrogen-bond donors (Lipinski definition) is 0. The summed E-state index contributed by atoms with van der Waals surface area (Å²) in [5, 5.41) is 0. The summed E-state index contributed by atoms with van der Waals surface area (Å²) in [5.74, 6) is 4.73. The van der Waals surface area contributed by atoms with E-state index in [1.54, 1.807) is 0 Å². The molecule has 0 N–H and O–H groups in total. The molecule has 0 saturated heterocycles. The van der Waals surface area contributed by atoms with E-state index in [0.717, 1.165) is 29.6 Å². The molecule has 0 aliphatic heterocycles. The number of fused-ring (bicyclic) bond motifs is 3. The van der Waals surface area contributed by atoms with Gasteiger partial charge in [-0.1, -0.05) is 67.7 Å². The zero-order valence-electron chi connectivity index (χ0n) is 17.8. The number of rotatable bonds is 3. The van der Waals surface area contributed by atoms with Crippen LogP contribution in [0.3, 0.4) is 0 Å². The highest BCUT2D eigenvalue weighted by Gasteiger charge is 2.61. The third-order valence-electron chi connectivity index (χ3n) is 9.34. The Balaban J connectivity index is 1.90. The number of hydrogen-bond acceptors (Lipinski definition) is 0. The van der Waals surface area contributed by atoms with E-state index < -0.39 is 0 Å². The molecular weight excluding hydrogens is 288 g/mol. The molecule has 3 aliphatic carbocycles. The molecule has 0 heteroatoms. The molecule has 0 aromatic rings. The van der Waals surface area contributed by atoms with Crippen LogP contribution >= 0.6 is 0 Å². The quantitative estimate of drug-likeness (QED) is 0.496. The van der Waals surface area contributed by atoms with Gasteiger partial charge in [0.05, 0.1) is 0 Å². The molecule has 2 unspecified atom stereocenters. The van der Waals surface area contributed by atoms with Crippen LogP contribution in [0.1, 0.15) is 106 Å². The molecule has 0 aromatic carbocycles. The minimum absolute atomic E-state index is 0.574. The first-order valence-corrected chi connectivity index (χ1v) is 11.1. The summed E-state index contributed by atoms with van der Waals surface area (Å²) in [5.41, 5.74) is 1.81. The molecule has 3 saturated carbocycles. The van der Waals surface area contributed by atoms with E-state index in [9.17, 15) is 0 Å². The highest BCUT2D eigenvalue weighted by molar-refractivity contribution is 5.10. The average Bonchev–Trinajstić information content (AvgIpc) is 2.44. The van der Waals surface area contributed by atoms with E-state index in [2.05, 4.69) is 48.5 Å². The molecule has 0 amide bonds. The van der Waals surface area contributed by atoms with E-state index in [4.69, 9.17) is 0 Å². The summed E-state index contributed by atoms with van der Waals surface area (Å²) in [6.07, 6.45) is 13.4. The monoisotopic (exact) mass is 332 g/mol. The van der Waals surface area contributed by atoms with E-state index in [-0.39, 0.29) is 0 Å². The predicted octanol–water partition coefficient (Wildman–Crippen LogP) is 7.72. The zero-order chi connectivity index (χ0) is 17.8. The lowest BCUT2D eigenvalue weighted by Gasteiger charge is -2.66. The Morgan fingerprint density at radius 1 is 0.833 bits per heavy atom. The minimum atomic E-state index is 0.574. The van der Waals surface area contributed by atoms with Crippen LogP contribution < -0.4 is 0 Å².